The second kappa shape index (κ2) is 9.45. The Hall–Kier alpha value is -3.49. The van der Waals surface area contributed by atoms with Crippen LogP contribution in [0, 0.1) is 11.3 Å². The Morgan fingerprint density at radius 2 is 1.79 bits per heavy atom. The van der Waals surface area contributed by atoms with Gasteiger partial charge in [-0.25, -0.2) is 4.79 Å². The molecule has 0 aliphatic carbocycles. The van der Waals surface area contributed by atoms with Gasteiger partial charge in [-0.2, -0.15) is 5.26 Å². The van der Waals surface area contributed by atoms with Gasteiger partial charge in [0.15, 0.2) is 0 Å². The van der Waals surface area contributed by atoms with Gasteiger partial charge < -0.3 is 15.8 Å². The largest absolute Gasteiger partial charge is 0.465 e. The normalized spacial score (nSPS) is 9.71. The highest BCUT2D eigenvalue weighted by Gasteiger charge is 2.14. The highest BCUT2D eigenvalue weighted by Crippen LogP contribution is 2.26. The number of anilines is 2. The molecule has 0 unspecified atom stereocenters. The average Bonchev–Trinajstić information content (AvgIpc) is 2.72. The number of esters is 1. The van der Waals surface area contributed by atoms with Crippen LogP contribution in [0.15, 0.2) is 66.7 Å². The van der Waals surface area contributed by atoms with E-state index in [9.17, 15) is 10.1 Å². The zero-order valence-corrected chi connectivity index (χ0v) is 16.1. The Labute approximate surface area is 170 Å². The maximum atomic E-state index is 11.9. The van der Waals surface area contributed by atoms with Gasteiger partial charge in [0.2, 0.25) is 0 Å². The summed E-state index contributed by atoms with van der Waals surface area (Å²) in [7, 11) is 1.34. The number of hydrogen-bond donors (Lipinski definition) is 2. The molecule has 0 saturated heterocycles. The monoisotopic (exact) mass is 393 g/mol. The third-order valence-electron chi connectivity index (χ3n) is 4.28. The molecule has 3 N–H and O–H groups in total. The number of carbonyl (C=O) groups excluding carboxylic acids is 1. The molecule has 0 saturated carbocycles. The summed E-state index contributed by atoms with van der Waals surface area (Å²) in [6, 6.07) is 22.7. The van der Waals surface area contributed by atoms with E-state index in [0.29, 0.717) is 29.0 Å². The van der Waals surface area contributed by atoms with E-state index in [4.69, 9.17) is 10.5 Å². The Kier molecular flexibility index (Phi) is 7.02. The molecule has 0 amide bonds. The van der Waals surface area contributed by atoms with Crippen LogP contribution >= 0.6 is 12.4 Å². The molecule has 0 radical (unpaired) electrons. The molecule has 3 aromatic carbocycles. The Morgan fingerprint density at radius 3 is 2.46 bits per heavy atom. The summed E-state index contributed by atoms with van der Waals surface area (Å²) < 4.78 is 4.81. The molecule has 0 heterocycles. The maximum Gasteiger partial charge on any atom is 0.340 e. The van der Waals surface area contributed by atoms with Crippen LogP contribution in [0.2, 0.25) is 0 Å². The molecule has 0 atom stereocenters. The second-order valence-corrected chi connectivity index (χ2v) is 5.97. The van der Waals surface area contributed by atoms with E-state index in [1.54, 1.807) is 24.3 Å². The fourth-order valence-corrected chi connectivity index (χ4v) is 2.87. The SMILES string of the molecule is COC(=O)c1cccc(N)c1NCc1ccc(-c2ccccc2C#N)cc1.Cl. The number of carbonyl (C=O) groups is 1. The van der Waals surface area contributed by atoms with Crippen LogP contribution in [0.25, 0.3) is 11.1 Å². The Bertz CT molecular complexity index is 1010. The first-order valence-electron chi connectivity index (χ1n) is 8.43. The summed E-state index contributed by atoms with van der Waals surface area (Å²) in [5.74, 6) is -0.437. The standard InChI is InChI=1S/C22H19N3O2.ClH/c1-27-22(26)19-7-4-8-20(24)21(19)25-14-15-9-11-16(12-10-15)18-6-3-2-5-17(18)13-23;/h2-12,25H,14,24H2,1H3;1H. The molecular weight excluding hydrogens is 374 g/mol. The van der Waals surface area contributed by atoms with E-state index in [1.807, 2.05) is 42.5 Å². The van der Waals surface area contributed by atoms with Crippen LogP contribution in [-0.4, -0.2) is 13.1 Å². The predicted octanol–water partition coefficient (Wildman–Crippen LogP) is 4.63. The van der Waals surface area contributed by atoms with Crippen molar-refractivity contribution in [2.75, 3.05) is 18.2 Å². The smallest absolute Gasteiger partial charge is 0.340 e. The highest BCUT2D eigenvalue weighted by molar-refractivity contribution is 5.98. The van der Waals surface area contributed by atoms with Crippen LogP contribution in [0.1, 0.15) is 21.5 Å². The molecule has 6 heteroatoms. The average molecular weight is 394 g/mol. The number of nitrogens with two attached hydrogens (primary N) is 1. The number of hydrogen-bond acceptors (Lipinski definition) is 5. The molecule has 3 rings (SSSR count). The van der Waals surface area contributed by atoms with E-state index in [1.165, 1.54) is 7.11 Å². The van der Waals surface area contributed by atoms with Gasteiger partial charge in [0.05, 0.1) is 35.7 Å². The van der Waals surface area contributed by atoms with Gasteiger partial charge >= 0.3 is 5.97 Å². The van der Waals surface area contributed by atoms with Gasteiger partial charge in [0.1, 0.15) is 0 Å². The van der Waals surface area contributed by atoms with Crippen molar-refractivity contribution in [1.29, 1.82) is 5.26 Å². The van der Waals surface area contributed by atoms with Crippen LogP contribution < -0.4 is 11.1 Å². The summed E-state index contributed by atoms with van der Waals surface area (Å²) in [4.78, 5) is 11.9. The molecule has 142 valence electrons. The minimum Gasteiger partial charge on any atom is -0.465 e. The molecule has 5 nitrogen and oxygen atoms in total. The van der Waals surface area contributed by atoms with Crippen LogP contribution in [0.5, 0.6) is 0 Å². The highest BCUT2D eigenvalue weighted by atomic mass is 35.5. The van der Waals surface area contributed by atoms with Crippen molar-refractivity contribution in [2.24, 2.45) is 0 Å². The summed E-state index contributed by atoms with van der Waals surface area (Å²) >= 11 is 0. The molecular formula is C22H20ClN3O2. The number of benzene rings is 3. The quantitative estimate of drug-likeness (QED) is 0.487. The van der Waals surface area contributed by atoms with Crippen molar-refractivity contribution >= 4 is 29.8 Å². The van der Waals surface area contributed by atoms with Crippen molar-refractivity contribution in [3.05, 3.63) is 83.4 Å². The lowest BCUT2D eigenvalue weighted by Gasteiger charge is -2.13. The van der Waals surface area contributed by atoms with E-state index in [0.717, 1.165) is 16.7 Å². The zero-order chi connectivity index (χ0) is 19.2. The number of ether oxygens (including phenoxy) is 1. The molecule has 0 spiro atoms. The van der Waals surface area contributed by atoms with E-state index in [-0.39, 0.29) is 12.4 Å². The van der Waals surface area contributed by atoms with Crippen LogP contribution in [-0.2, 0) is 11.3 Å². The third kappa shape index (κ3) is 4.43. The first kappa shape index (κ1) is 20.8. The molecule has 3 aromatic rings. The molecule has 0 aliphatic heterocycles. The number of nitrogen functional groups attached to an aromatic ring is 1. The number of nitrogens with zero attached hydrogens (tertiary/aromatic N) is 1. The van der Waals surface area contributed by atoms with Crippen molar-refractivity contribution in [2.45, 2.75) is 6.54 Å². The lowest BCUT2D eigenvalue weighted by molar-refractivity contribution is 0.0602. The van der Waals surface area contributed by atoms with Gasteiger partial charge in [0.25, 0.3) is 0 Å². The topological polar surface area (TPSA) is 88.1 Å². The van der Waals surface area contributed by atoms with Crippen molar-refractivity contribution < 1.29 is 9.53 Å². The lowest BCUT2D eigenvalue weighted by atomic mass is 9.99. The maximum absolute atomic E-state index is 11.9. The number of methoxy groups -OCH3 is 1. The summed E-state index contributed by atoms with van der Waals surface area (Å²) in [5.41, 5.74) is 11.0. The van der Waals surface area contributed by atoms with E-state index >= 15 is 0 Å². The summed E-state index contributed by atoms with van der Waals surface area (Å²) in [6.07, 6.45) is 0. The van der Waals surface area contributed by atoms with Gasteiger partial charge in [-0.05, 0) is 34.9 Å². The van der Waals surface area contributed by atoms with Gasteiger partial charge in [-0.1, -0.05) is 48.5 Å². The molecule has 0 aliphatic rings. The van der Waals surface area contributed by atoms with E-state index in [2.05, 4.69) is 11.4 Å². The Morgan fingerprint density at radius 1 is 1.07 bits per heavy atom. The van der Waals surface area contributed by atoms with Gasteiger partial charge in [-0.15, -0.1) is 12.4 Å². The fourth-order valence-electron chi connectivity index (χ4n) is 2.87. The second-order valence-electron chi connectivity index (χ2n) is 5.97. The fraction of sp³-hybridized carbons (Fsp3) is 0.0909. The van der Waals surface area contributed by atoms with Crippen molar-refractivity contribution in [3.8, 4) is 17.2 Å². The minimum atomic E-state index is -0.437. The number of halogens is 1. The molecule has 0 bridgehead atoms. The lowest BCUT2D eigenvalue weighted by Crippen LogP contribution is -2.10. The molecule has 28 heavy (non-hydrogen) atoms. The van der Waals surface area contributed by atoms with Gasteiger partial charge in [-0.3, -0.25) is 0 Å². The minimum absolute atomic E-state index is 0. The molecule has 0 aromatic heterocycles. The first-order chi connectivity index (χ1) is 13.1. The summed E-state index contributed by atoms with van der Waals surface area (Å²) in [6.45, 7) is 0.498. The van der Waals surface area contributed by atoms with E-state index < -0.39 is 5.97 Å². The molecule has 0 fully saturated rings. The summed E-state index contributed by atoms with van der Waals surface area (Å²) in [5, 5.41) is 12.5. The predicted molar refractivity (Wildman–Crippen MR) is 113 cm³/mol. The van der Waals surface area contributed by atoms with Crippen LogP contribution in [0.3, 0.4) is 0 Å². The first-order valence-corrected chi connectivity index (χ1v) is 8.43. The number of nitrogens with one attached hydrogen (secondary N) is 1. The Balaban J connectivity index is 0.00000280. The van der Waals surface area contributed by atoms with Crippen molar-refractivity contribution in [3.63, 3.8) is 0 Å². The van der Waals surface area contributed by atoms with Crippen LogP contribution in [0.4, 0.5) is 11.4 Å². The number of para-hydroxylation sites is 1. The zero-order valence-electron chi connectivity index (χ0n) is 15.3. The third-order valence-corrected chi connectivity index (χ3v) is 4.28. The number of rotatable bonds is 5. The number of nitriles is 1. The van der Waals surface area contributed by atoms with Crippen molar-refractivity contribution in [1.82, 2.24) is 0 Å². The van der Waals surface area contributed by atoms with Gasteiger partial charge in [0, 0.05) is 6.54 Å².